The average molecular weight is 753 g/mol. The quantitative estimate of drug-likeness (QED) is 0.0217. The van der Waals surface area contributed by atoms with E-state index in [1.54, 1.807) is 0 Å². The smallest absolute Gasteiger partial charge is 0.361 e. The van der Waals surface area contributed by atoms with Crippen molar-refractivity contribution >= 4 is 17.9 Å². The number of likely N-dealkylation sites (N-methyl/N-ethyl adjacent to an activating group) is 1. The lowest BCUT2D eigenvalue weighted by Crippen LogP contribution is -2.40. The van der Waals surface area contributed by atoms with E-state index in [-0.39, 0.29) is 32.2 Å². The molecule has 0 aliphatic heterocycles. The molecule has 0 aromatic carbocycles. The van der Waals surface area contributed by atoms with Crippen LogP contribution in [0.3, 0.4) is 0 Å². The molecule has 9 nitrogen and oxygen atoms in total. The van der Waals surface area contributed by atoms with Gasteiger partial charge in [0.2, 0.25) is 0 Å². The number of carboxylic acid groups (broad SMARTS) is 1. The Balaban J connectivity index is 4.46. The highest BCUT2D eigenvalue weighted by Crippen LogP contribution is 2.15. The van der Waals surface area contributed by atoms with E-state index in [4.69, 9.17) is 18.9 Å². The summed E-state index contributed by atoms with van der Waals surface area (Å²) in [6.45, 7) is 4.79. The lowest BCUT2D eigenvalue weighted by molar-refractivity contribution is -0.870. The maximum atomic E-state index is 12.7. The summed E-state index contributed by atoms with van der Waals surface area (Å²) in [6, 6.07) is 0. The second kappa shape index (κ2) is 36.7. The summed E-state index contributed by atoms with van der Waals surface area (Å²) in [5, 5.41) is 9.61. The number of carboxylic acids is 1. The summed E-state index contributed by atoms with van der Waals surface area (Å²) < 4.78 is 22.7. The third-order valence-electron chi connectivity index (χ3n) is 9.19. The zero-order valence-corrected chi connectivity index (χ0v) is 34.9. The molecule has 0 saturated carbocycles. The molecule has 53 heavy (non-hydrogen) atoms. The normalized spacial score (nSPS) is 13.2. The first-order valence-corrected chi connectivity index (χ1v) is 21.5. The van der Waals surface area contributed by atoms with Crippen LogP contribution >= 0.6 is 0 Å². The zero-order valence-electron chi connectivity index (χ0n) is 34.9. The van der Waals surface area contributed by atoms with Crippen LogP contribution in [-0.2, 0) is 33.3 Å². The summed E-state index contributed by atoms with van der Waals surface area (Å²) >= 11 is 0. The highest BCUT2D eigenvalue weighted by atomic mass is 16.7. The Kier molecular flexibility index (Phi) is 35.2. The van der Waals surface area contributed by atoms with E-state index in [2.05, 4.69) is 38.2 Å². The number of hydrogen-bond donors (Lipinski definition) is 1. The lowest BCUT2D eigenvalue weighted by atomic mass is 10.0. The molecule has 0 fully saturated rings. The predicted octanol–water partition coefficient (Wildman–Crippen LogP) is 10.9. The van der Waals surface area contributed by atoms with Gasteiger partial charge in [0.25, 0.3) is 6.29 Å². The molecular weight excluding hydrogens is 670 g/mol. The third-order valence-corrected chi connectivity index (χ3v) is 9.19. The van der Waals surface area contributed by atoms with Crippen LogP contribution in [0, 0.1) is 0 Å². The fraction of sp³-hybridized carbons (Fsp3) is 0.841. The summed E-state index contributed by atoms with van der Waals surface area (Å²) in [5.74, 6) is -2.02. The molecule has 0 rings (SSSR count). The second-order valence-electron chi connectivity index (χ2n) is 15.7. The van der Waals surface area contributed by atoms with E-state index in [9.17, 15) is 19.5 Å². The van der Waals surface area contributed by atoms with Gasteiger partial charge in [0.05, 0.1) is 34.4 Å². The van der Waals surface area contributed by atoms with Crippen LogP contribution in [0.25, 0.3) is 0 Å². The monoisotopic (exact) mass is 753 g/mol. The highest BCUT2D eigenvalue weighted by Gasteiger charge is 2.25. The molecule has 0 aromatic rings. The molecule has 0 aromatic heterocycles. The Labute approximate surface area is 325 Å². The van der Waals surface area contributed by atoms with Crippen molar-refractivity contribution in [2.75, 3.05) is 47.5 Å². The van der Waals surface area contributed by atoms with Gasteiger partial charge in [-0.15, -0.1) is 0 Å². The molecule has 0 saturated heterocycles. The molecule has 2 atom stereocenters. The summed E-state index contributed by atoms with van der Waals surface area (Å²) in [4.78, 5) is 37.0. The van der Waals surface area contributed by atoms with Crippen molar-refractivity contribution in [1.29, 1.82) is 0 Å². The Hall–Kier alpha value is -2.23. The predicted molar refractivity (Wildman–Crippen MR) is 217 cm³/mol. The number of quaternary nitrogens is 1. The number of aliphatic carboxylic acids is 1. The van der Waals surface area contributed by atoms with Gasteiger partial charge in [-0.3, -0.25) is 9.59 Å². The molecule has 0 heterocycles. The Morgan fingerprint density at radius 2 is 1.06 bits per heavy atom. The molecule has 0 aliphatic rings. The van der Waals surface area contributed by atoms with Crippen LogP contribution in [0.4, 0.5) is 0 Å². The molecule has 0 bridgehead atoms. The minimum absolute atomic E-state index is 0.184. The third kappa shape index (κ3) is 37.9. The number of unbranched alkanes of at least 4 members (excludes halogenated alkanes) is 20. The number of nitrogens with zero attached hydrogens (tertiary/aromatic N) is 1. The molecule has 0 amide bonds. The van der Waals surface area contributed by atoms with Crippen LogP contribution < -0.4 is 0 Å². The van der Waals surface area contributed by atoms with E-state index in [1.165, 1.54) is 83.5 Å². The van der Waals surface area contributed by atoms with Gasteiger partial charge in [-0.25, -0.2) is 4.79 Å². The Morgan fingerprint density at radius 3 is 1.57 bits per heavy atom. The van der Waals surface area contributed by atoms with Crippen molar-refractivity contribution in [2.24, 2.45) is 0 Å². The number of ether oxygens (including phenoxy) is 4. The molecule has 0 aliphatic carbocycles. The Bertz CT molecular complexity index is 929. The maximum Gasteiger partial charge on any atom is 0.361 e. The summed E-state index contributed by atoms with van der Waals surface area (Å²) in [6.07, 6.45) is 35.2. The van der Waals surface area contributed by atoms with Crippen molar-refractivity contribution in [3.8, 4) is 0 Å². The molecule has 9 heteroatoms. The van der Waals surface area contributed by atoms with Gasteiger partial charge < -0.3 is 28.5 Å². The van der Waals surface area contributed by atoms with Gasteiger partial charge >= 0.3 is 17.9 Å². The van der Waals surface area contributed by atoms with Gasteiger partial charge in [0.1, 0.15) is 13.2 Å². The molecule has 0 spiro atoms. The maximum absolute atomic E-state index is 12.7. The number of hydrogen-bond acceptors (Lipinski definition) is 7. The van der Waals surface area contributed by atoms with Crippen molar-refractivity contribution < 1.29 is 42.9 Å². The number of rotatable bonds is 39. The van der Waals surface area contributed by atoms with Crippen LogP contribution in [0.5, 0.6) is 0 Å². The minimum Gasteiger partial charge on any atom is -0.477 e. The molecule has 2 unspecified atom stereocenters. The van der Waals surface area contributed by atoms with Gasteiger partial charge in [-0.1, -0.05) is 154 Å². The van der Waals surface area contributed by atoms with Crippen LogP contribution in [0.15, 0.2) is 24.3 Å². The first-order valence-electron chi connectivity index (χ1n) is 21.5. The number of carbonyl (C=O) groups excluding carboxylic acids is 2. The van der Waals surface area contributed by atoms with Crippen LogP contribution in [0.1, 0.15) is 181 Å². The molecule has 1 N–H and O–H groups in total. The van der Waals surface area contributed by atoms with Crippen LogP contribution in [0.2, 0.25) is 0 Å². The average Bonchev–Trinajstić information content (AvgIpc) is 3.11. The fourth-order valence-electron chi connectivity index (χ4n) is 5.81. The first-order chi connectivity index (χ1) is 25.6. The zero-order chi connectivity index (χ0) is 39.3. The second-order valence-corrected chi connectivity index (χ2v) is 15.7. The largest absolute Gasteiger partial charge is 0.477 e. The minimum atomic E-state index is -1.51. The SMILES string of the molecule is CCC/C=C\C/C=C\CCCCCCCC(=O)OC(COC(=O)CCCCCCCCCCCCCCCCC)COC(OCC[N+](C)(C)C)C(=O)O. The molecule has 0 radical (unpaired) electrons. The van der Waals surface area contributed by atoms with Crippen molar-refractivity contribution in [1.82, 2.24) is 0 Å². The van der Waals surface area contributed by atoms with E-state index in [0.29, 0.717) is 23.9 Å². The fourth-order valence-corrected chi connectivity index (χ4v) is 5.81. The standard InChI is InChI=1S/C44H81NO8/c1-6-8-10-12-14-16-18-20-21-23-24-26-28-30-32-34-41(46)51-38-40(39-52-44(43(48)49)50-37-36-45(3,4)5)53-42(47)35-33-31-29-27-25-22-19-17-15-13-11-9-7-2/h11,13,17,19,40,44H,6-10,12,14-16,18,20-39H2,1-5H3/p+1/b13-11-,19-17-. The number of carbonyl (C=O) groups is 3. The molecule has 310 valence electrons. The van der Waals surface area contributed by atoms with E-state index >= 15 is 0 Å². The first kappa shape index (κ1) is 50.8. The van der Waals surface area contributed by atoms with Gasteiger partial charge in [-0.05, 0) is 38.5 Å². The van der Waals surface area contributed by atoms with Crippen molar-refractivity contribution in [3.05, 3.63) is 24.3 Å². The summed E-state index contributed by atoms with van der Waals surface area (Å²) in [5.41, 5.74) is 0. The summed E-state index contributed by atoms with van der Waals surface area (Å²) in [7, 11) is 5.95. The van der Waals surface area contributed by atoms with Crippen molar-refractivity contribution in [3.63, 3.8) is 0 Å². The lowest BCUT2D eigenvalue weighted by Gasteiger charge is -2.25. The molecular formula is C44H82NO8+. The topological polar surface area (TPSA) is 108 Å². The number of allylic oxidation sites excluding steroid dienone is 4. The van der Waals surface area contributed by atoms with Gasteiger partial charge in [-0.2, -0.15) is 0 Å². The Morgan fingerprint density at radius 1 is 0.566 bits per heavy atom. The van der Waals surface area contributed by atoms with E-state index < -0.39 is 24.3 Å². The number of esters is 2. The van der Waals surface area contributed by atoms with E-state index in [1.807, 2.05) is 21.1 Å². The van der Waals surface area contributed by atoms with Crippen molar-refractivity contribution in [2.45, 2.75) is 193 Å². The van der Waals surface area contributed by atoms with Crippen LogP contribution in [-0.4, -0.2) is 87.4 Å². The van der Waals surface area contributed by atoms with E-state index in [0.717, 1.165) is 64.2 Å². The highest BCUT2D eigenvalue weighted by molar-refractivity contribution is 5.71. The van der Waals surface area contributed by atoms with Gasteiger partial charge in [0.15, 0.2) is 6.10 Å². The van der Waals surface area contributed by atoms with Gasteiger partial charge in [0, 0.05) is 12.8 Å².